The molecule has 0 radical (unpaired) electrons. The number of nitriles is 1. The van der Waals surface area contributed by atoms with Gasteiger partial charge in [-0.2, -0.15) is 5.26 Å². The zero-order valence-electron chi connectivity index (χ0n) is 27.9. The largest absolute Gasteiger partial charge is 0.488 e. The number of benzene rings is 3. The summed E-state index contributed by atoms with van der Waals surface area (Å²) in [7, 11) is 2.63. The highest BCUT2D eigenvalue weighted by atomic mass is 35.5. The molecular weight excluding hydrogens is 662 g/mol. The van der Waals surface area contributed by atoms with Gasteiger partial charge in [0, 0.05) is 46.4 Å². The number of aromatic nitrogens is 1. The topological polar surface area (TPSA) is 138 Å². The van der Waals surface area contributed by atoms with Gasteiger partial charge in [0.2, 0.25) is 0 Å². The molecule has 0 amide bonds. The third-order valence-electron chi connectivity index (χ3n) is 8.69. The minimum absolute atomic E-state index is 0.0869. The second-order valence-electron chi connectivity index (χ2n) is 12.4. The third-order valence-corrected chi connectivity index (χ3v) is 10.2. The van der Waals surface area contributed by atoms with Crippen LogP contribution in [0.4, 0.5) is 0 Å². The molecule has 1 aromatic heterocycles. The van der Waals surface area contributed by atoms with Gasteiger partial charge in [-0.3, -0.25) is 4.98 Å². The van der Waals surface area contributed by atoms with Crippen LogP contribution in [0.25, 0.3) is 11.1 Å². The lowest BCUT2D eigenvalue weighted by molar-refractivity contribution is -0.0184. The Morgan fingerprint density at radius 3 is 2.55 bits per heavy atom. The molecule has 0 spiro atoms. The van der Waals surface area contributed by atoms with E-state index in [9.17, 15) is 20.6 Å². The molecule has 1 unspecified atom stereocenters. The number of aliphatic hydroxyl groups is 3. The number of aliphatic hydroxyl groups excluding tert-OH is 3. The van der Waals surface area contributed by atoms with Crippen LogP contribution in [0.1, 0.15) is 34.2 Å². The fourth-order valence-corrected chi connectivity index (χ4v) is 6.65. The van der Waals surface area contributed by atoms with Gasteiger partial charge in [-0.25, -0.2) is 0 Å². The van der Waals surface area contributed by atoms with Crippen LogP contribution in [-0.2, 0) is 19.8 Å². The quantitative estimate of drug-likeness (QED) is 0.155. The molecule has 0 aliphatic carbocycles. The van der Waals surface area contributed by atoms with Crippen LogP contribution in [-0.4, -0.2) is 81.1 Å². The number of fused-ring (bicyclic) bond motifs is 1. The van der Waals surface area contributed by atoms with Gasteiger partial charge in [0.15, 0.2) is 11.5 Å². The first-order valence-electron chi connectivity index (χ1n) is 16.2. The first-order valence-corrected chi connectivity index (χ1v) is 17.8. The Hall–Kier alpha value is -4.15. The van der Waals surface area contributed by atoms with Crippen molar-refractivity contribution < 1.29 is 34.3 Å². The van der Waals surface area contributed by atoms with Gasteiger partial charge in [-0.05, 0) is 79.0 Å². The van der Waals surface area contributed by atoms with E-state index < -0.39 is 18.8 Å². The lowest BCUT2D eigenvalue weighted by Gasteiger charge is -2.25. The highest BCUT2D eigenvalue weighted by Crippen LogP contribution is 2.38. The van der Waals surface area contributed by atoms with E-state index in [4.69, 9.17) is 30.5 Å². The van der Waals surface area contributed by atoms with Crippen molar-refractivity contribution in [3.63, 3.8) is 0 Å². The normalized spacial score (nSPS) is 14.2. The molecule has 1 aliphatic heterocycles. The van der Waals surface area contributed by atoms with Crippen LogP contribution in [0.5, 0.6) is 23.0 Å². The van der Waals surface area contributed by atoms with Crippen molar-refractivity contribution in [3.05, 3.63) is 99.8 Å². The van der Waals surface area contributed by atoms with Crippen molar-refractivity contribution >= 4 is 21.8 Å². The summed E-state index contributed by atoms with van der Waals surface area (Å²) in [4.78, 5) is 6.23. The molecule has 0 saturated heterocycles. The summed E-state index contributed by atoms with van der Waals surface area (Å²) in [6.45, 7) is 4.26. The standard InChI is InChI=1S/C37H42ClN3O7Si/c1-23-27(4-3-5-29(23)26-6-7-32-35(14-26)46-11-10-45-32)22-48-34-15-33(47-21-25-12-24(16-39)17-40-18-25)28(13-30(34)38)19-41(2)9-8-36(49)37(44)31(43)20-42/h3-7,12-15,17-18,31,36-37,42-44H,8-11,19-22H2,1-2,49H3/t31-,36?,37-/m1/s1. The fraction of sp³-hybridized carbons (Fsp3) is 0.351. The number of pyridine rings is 1. The zero-order chi connectivity index (χ0) is 34.9. The molecule has 49 heavy (non-hydrogen) atoms. The van der Waals surface area contributed by atoms with Gasteiger partial charge in [0.05, 0.1) is 23.3 Å². The van der Waals surface area contributed by atoms with Crippen LogP contribution < -0.4 is 18.9 Å². The summed E-state index contributed by atoms with van der Waals surface area (Å²) in [5.74, 6) is 2.53. The Balaban J connectivity index is 1.34. The van der Waals surface area contributed by atoms with Gasteiger partial charge >= 0.3 is 0 Å². The summed E-state index contributed by atoms with van der Waals surface area (Å²) >= 11 is 6.81. The number of halogens is 1. The molecular formula is C37H42ClN3O7Si. The van der Waals surface area contributed by atoms with E-state index in [0.717, 1.165) is 44.9 Å². The Morgan fingerprint density at radius 1 is 1.00 bits per heavy atom. The molecule has 3 atom stereocenters. The molecule has 4 aromatic rings. The summed E-state index contributed by atoms with van der Waals surface area (Å²) < 4.78 is 24.1. The molecule has 0 fully saturated rings. The summed E-state index contributed by atoms with van der Waals surface area (Å²) in [5.41, 5.74) is 6.10. The molecule has 12 heteroatoms. The molecule has 258 valence electrons. The molecule has 5 rings (SSSR count). The summed E-state index contributed by atoms with van der Waals surface area (Å²) in [6.07, 6.45) is 1.72. The average molecular weight is 704 g/mol. The molecule has 3 N–H and O–H groups in total. The number of hydrogen-bond acceptors (Lipinski definition) is 10. The maximum absolute atomic E-state index is 10.3. The monoisotopic (exact) mass is 703 g/mol. The van der Waals surface area contributed by atoms with E-state index in [0.29, 0.717) is 65.1 Å². The van der Waals surface area contributed by atoms with E-state index in [1.807, 2.05) is 43.4 Å². The third kappa shape index (κ3) is 9.30. The van der Waals surface area contributed by atoms with E-state index in [-0.39, 0.29) is 18.8 Å². The summed E-state index contributed by atoms with van der Waals surface area (Å²) in [6, 6.07) is 19.6. The predicted octanol–water partition coefficient (Wildman–Crippen LogP) is 4.20. The van der Waals surface area contributed by atoms with Crippen molar-refractivity contribution in [2.75, 3.05) is 33.4 Å². The van der Waals surface area contributed by atoms with Crippen molar-refractivity contribution in [2.24, 2.45) is 0 Å². The SMILES string of the molecule is Cc1c(COc2cc(OCc3cncc(C#N)c3)c(CN(C)CCC([SiH3])[C@H](O)[C@H](O)CO)cc2Cl)cccc1-c1ccc2c(c1)OCCO2. The molecule has 0 bridgehead atoms. The Labute approximate surface area is 294 Å². The maximum Gasteiger partial charge on any atom is 0.161 e. The number of hydrogen-bond donors (Lipinski definition) is 3. The lowest BCUT2D eigenvalue weighted by atomic mass is 9.96. The van der Waals surface area contributed by atoms with Crippen LogP contribution >= 0.6 is 11.6 Å². The lowest BCUT2D eigenvalue weighted by Crippen LogP contribution is -2.34. The minimum Gasteiger partial charge on any atom is -0.488 e. The Morgan fingerprint density at radius 2 is 1.78 bits per heavy atom. The second-order valence-corrected chi connectivity index (χ2v) is 14.2. The fourth-order valence-electron chi connectivity index (χ4n) is 5.70. The number of nitrogens with zero attached hydrogens (tertiary/aromatic N) is 3. The highest BCUT2D eigenvalue weighted by Gasteiger charge is 2.23. The maximum atomic E-state index is 10.3. The molecule has 0 saturated carbocycles. The van der Waals surface area contributed by atoms with Crippen LogP contribution in [0.3, 0.4) is 0 Å². The van der Waals surface area contributed by atoms with E-state index in [1.165, 1.54) is 6.20 Å². The van der Waals surface area contributed by atoms with Gasteiger partial charge < -0.3 is 39.2 Å². The predicted molar refractivity (Wildman–Crippen MR) is 190 cm³/mol. The Kier molecular flexibility index (Phi) is 12.5. The van der Waals surface area contributed by atoms with Crippen molar-refractivity contribution in [3.8, 4) is 40.2 Å². The summed E-state index contributed by atoms with van der Waals surface area (Å²) in [5, 5.41) is 39.1. The van der Waals surface area contributed by atoms with Gasteiger partial charge in [-0.1, -0.05) is 35.9 Å². The number of rotatable bonds is 15. The van der Waals surface area contributed by atoms with Crippen molar-refractivity contribution in [2.45, 2.75) is 50.9 Å². The van der Waals surface area contributed by atoms with Crippen LogP contribution in [0.15, 0.2) is 67.0 Å². The van der Waals surface area contributed by atoms with E-state index in [2.05, 4.69) is 28.9 Å². The Bertz CT molecular complexity index is 1790. The number of ether oxygens (including phenoxy) is 4. The molecule has 2 heterocycles. The minimum atomic E-state index is -1.15. The van der Waals surface area contributed by atoms with Crippen molar-refractivity contribution in [1.82, 2.24) is 9.88 Å². The first-order chi connectivity index (χ1) is 23.7. The average Bonchev–Trinajstić information content (AvgIpc) is 3.12. The van der Waals surface area contributed by atoms with Crippen molar-refractivity contribution in [1.29, 1.82) is 5.26 Å². The molecule has 1 aliphatic rings. The molecule has 10 nitrogen and oxygen atoms in total. The zero-order valence-corrected chi connectivity index (χ0v) is 30.7. The first kappa shape index (κ1) is 36.1. The highest BCUT2D eigenvalue weighted by molar-refractivity contribution is 6.32. The van der Waals surface area contributed by atoms with Crippen LogP contribution in [0, 0.1) is 18.3 Å². The van der Waals surface area contributed by atoms with E-state index in [1.54, 1.807) is 18.3 Å². The van der Waals surface area contributed by atoms with Gasteiger partial charge in [0.25, 0.3) is 0 Å². The van der Waals surface area contributed by atoms with E-state index >= 15 is 0 Å². The van der Waals surface area contributed by atoms with Gasteiger partial charge in [0.1, 0.15) is 50.1 Å². The smallest absolute Gasteiger partial charge is 0.161 e. The van der Waals surface area contributed by atoms with Gasteiger partial charge in [-0.15, -0.1) is 0 Å². The second kappa shape index (κ2) is 17.0. The molecule has 3 aromatic carbocycles. The van der Waals surface area contributed by atoms with Crippen LogP contribution in [0.2, 0.25) is 10.6 Å².